The van der Waals surface area contributed by atoms with Crippen LogP contribution in [-0.4, -0.2) is 89.7 Å². The van der Waals surface area contributed by atoms with Crippen LogP contribution in [0.15, 0.2) is 16.7 Å². The lowest BCUT2D eigenvalue weighted by Crippen LogP contribution is -2.70. The van der Waals surface area contributed by atoms with Crippen molar-refractivity contribution in [1.29, 1.82) is 0 Å². The molecule has 1 fully saturated rings. The van der Waals surface area contributed by atoms with Crippen molar-refractivity contribution in [2.45, 2.75) is 97.4 Å². The maximum absolute atomic E-state index is 13.4. The van der Waals surface area contributed by atoms with Gasteiger partial charge in [-0.1, -0.05) is 5.16 Å². The largest absolute Gasteiger partial charge is 0.478 e. The minimum absolute atomic E-state index is 0.0526. The summed E-state index contributed by atoms with van der Waals surface area (Å²) in [5.74, 6) is -2.74. The zero-order valence-electron chi connectivity index (χ0n) is 26.1. The van der Waals surface area contributed by atoms with Crippen molar-refractivity contribution in [3.8, 4) is 0 Å². The quantitative estimate of drug-likeness (QED) is 0.132. The lowest BCUT2D eigenvalue weighted by Gasteiger charge is -2.36. The van der Waals surface area contributed by atoms with Gasteiger partial charge >= 0.3 is 18.2 Å². The summed E-state index contributed by atoms with van der Waals surface area (Å²) < 4.78 is 10.4. The molecule has 0 saturated carbocycles. The molecule has 5 N–H and O–H groups in total. The number of aliphatic carboxylic acids is 1. The molecule has 0 spiro atoms. The predicted octanol–water partition coefficient (Wildman–Crippen LogP) is 1.37. The fourth-order valence-corrected chi connectivity index (χ4v) is 4.04. The van der Waals surface area contributed by atoms with Gasteiger partial charge in [-0.15, -0.1) is 11.3 Å². The van der Waals surface area contributed by atoms with E-state index < -0.39 is 64.6 Å². The summed E-state index contributed by atoms with van der Waals surface area (Å²) in [7, 11) is 0. The number of nitrogens with one attached hydrogen (secondary N) is 4. The number of anilines is 1. The molecule has 2 aromatic heterocycles. The number of carbonyl (C=O) groups excluding carboxylic acids is 4. The number of carboxylic acids is 1. The van der Waals surface area contributed by atoms with Crippen molar-refractivity contribution in [2.75, 3.05) is 5.32 Å². The predicted molar refractivity (Wildman–Crippen MR) is 158 cm³/mol. The van der Waals surface area contributed by atoms with Crippen LogP contribution in [0.5, 0.6) is 0 Å². The Kier molecular flexibility index (Phi) is 10.4. The van der Waals surface area contributed by atoms with Crippen molar-refractivity contribution < 1.29 is 43.4 Å². The molecule has 18 nitrogen and oxygen atoms in total. The lowest BCUT2D eigenvalue weighted by molar-refractivity contribution is -0.161. The average Bonchev–Trinajstić information content (AvgIpc) is 3.53. The summed E-state index contributed by atoms with van der Waals surface area (Å²) in [6.45, 7) is 12.9. The molecular formula is C26H37N9O9S. The summed E-state index contributed by atoms with van der Waals surface area (Å²) >= 11 is 0.952. The van der Waals surface area contributed by atoms with E-state index in [2.05, 4.69) is 41.6 Å². The Morgan fingerprint density at radius 3 is 2.31 bits per heavy atom. The van der Waals surface area contributed by atoms with Crippen molar-refractivity contribution in [3.63, 3.8) is 0 Å². The third-order valence-electron chi connectivity index (χ3n) is 5.51. The van der Waals surface area contributed by atoms with E-state index in [-0.39, 0.29) is 23.9 Å². The molecular weight excluding hydrogens is 614 g/mol. The average molecular weight is 652 g/mol. The van der Waals surface area contributed by atoms with Gasteiger partial charge in [-0.2, -0.15) is 15.0 Å². The Morgan fingerprint density at radius 1 is 1.07 bits per heavy atom. The number of nitrogens with zero attached hydrogens (tertiary/aromatic N) is 5. The number of ether oxygens (including phenoxy) is 2. The third kappa shape index (κ3) is 10.4. The zero-order valence-corrected chi connectivity index (χ0v) is 26.9. The van der Waals surface area contributed by atoms with Crippen LogP contribution in [0.2, 0.25) is 0 Å². The van der Waals surface area contributed by atoms with Gasteiger partial charge in [-0.05, 0) is 55.4 Å². The number of thiazole rings is 1. The summed E-state index contributed by atoms with van der Waals surface area (Å²) in [5, 5.41) is 33.2. The van der Waals surface area contributed by atoms with Gasteiger partial charge in [0.05, 0.1) is 25.3 Å². The number of β-lactam (4-membered cyclic amide) rings is 1. The SMILES string of the molecule is CC(C)(C)OC(=O)NCc1cnn(C[C@@H]2NC(=O)[C@H]2NC(=O)C(=NOC(C)(C)C(=O)O)c2csc(NC(=O)OC(C)(C)C)n2)n1. The molecule has 45 heavy (non-hydrogen) atoms. The molecule has 0 radical (unpaired) electrons. The molecule has 1 aliphatic heterocycles. The molecule has 0 aliphatic carbocycles. The highest BCUT2D eigenvalue weighted by atomic mass is 32.1. The van der Waals surface area contributed by atoms with Gasteiger partial charge in [0.25, 0.3) is 5.91 Å². The number of hydrogen-bond donors (Lipinski definition) is 5. The summed E-state index contributed by atoms with van der Waals surface area (Å²) in [6.07, 6.45) is 0.0369. The fraction of sp³-hybridized carbons (Fsp3) is 0.577. The Balaban J connectivity index is 1.70. The normalized spacial score (nSPS) is 17.0. The summed E-state index contributed by atoms with van der Waals surface area (Å²) in [4.78, 5) is 72.0. The third-order valence-corrected chi connectivity index (χ3v) is 6.26. The number of alkyl carbamates (subject to hydrolysis) is 1. The van der Waals surface area contributed by atoms with Crippen LogP contribution >= 0.6 is 11.3 Å². The van der Waals surface area contributed by atoms with Crippen molar-refractivity contribution >= 4 is 52.2 Å². The maximum Gasteiger partial charge on any atom is 0.413 e. The van der Waals surface area contributed by atoms with Gasteiger partial charge in [0.2, 0.25) is 11.5 Å². The summed E-state index contributed by atoms with van der Waals surface area (Å²) in [5.41, 5.74) is -3.31. The minimum Gasteiger partial charge on any atom is -0.478 e. The Bertz CT molecular complexity index is 1470. The Labute approximate surface area is 262 Å². The molecule has 4 amide bonds. The van der Waals surface area contributed by atoms with Crippen molar-refractivity contribution in [2.24, 2.45) is 5.16 Å². The lowest BCUT2D eigenvalue weighted by atomic mass is 9.98. The molecule has 3 heterocycles. The Hall–Kier alpha value is -4.81. The molecule has 19 heteroatoms. The van der Waals surface area contributed by atoms with Crippen molar-refractivity contribution in [3.05, 3.63) is 23.0 Å². The highest BCUT2D eigenvalue weighted by molar-refractivity contribution is 7.14. The molecule has 1 aliphatic rings. The van der Waals surface area contributed by atoms with E-state index in [1.54, 1.807) is 41.5 Å². The number of oxime groups is 1. The van der Waals surface area contributed by atoms with Crippen LogP contribution in [0.25, 0.3) is 0 Å². The molecule has 2 atom stereocenters. The highest BCUT2D eigenvalue weighted by Crippen LogP contribution is 2.20. The monoisotopic (exact) mass is 651 g/mol. The second-order valence-electron chi connectivity index (χ2n) is 12.3. The Morgan fingerprint density at radius 2 is 1.71 bits per heavy atom. The maximum atomic E-state index is 13.4. The van der Waals surface area contributed by atoms with Crippen molar-refractivity contribution in [1.82, 2.24) is 35.9 Å². The van der Waals surface area contributed by atoms with Crippen LogP contribution in [0.3, 0.4) is 0 Å². The first-order valence-corrected chi connectivity index (χ1v) is 14.5. The van der Waals surface area contributed by atoms with E-state index in [9.17, 15) is 29.1 Å². The van der Waals surface area contributed by atoms with E-state index in [4.69, 9.17) is 14.3 Å². The van der Waals surface area contributed by atoms with Crippen LogP contribution in [-0.2, 0) is 41.8 Å². The number of hydrogen-bond acceptors (Lipinski definition) is 13. The number of carbonyl (C=O) groups is 5. The van der Waals surface area contributed by atoms with Crippen LogP contribution in [0.4, 0.5) is 14.7 Å². The zero-order chi connectivity index (χ0) is 33.7. The second kappa shape index (κ2) is 13.4. The summed E-state index contributed by atoms with van der Waals surface area (Å²) in [6, 6.07) is -1.67. The van der Waals surface area contributed by atoms with Crippen LogP contribution < -0.4 is 21.3 Å². The minimum atomic E-state index is -1.81. The molecule has 246 valence electrons. The van der Waals surface area contributed by atoms with Gasteiger partial charge < -0.3 is 35.4 Å². The van der Waals surface area contributed by atoms with Gasteiger partial charge in [-0.25, -0.2) is 19.4 Å². The van der Waals surface area contributed by atoms with E-state index in [0.29, 0.717) is 5.69 Å². The number of aromatic nitrogens is 4. The first-order valence-electron chi connectivity index (χ1n) is 13.6. The van der Waals surface area contributed by atoms with E-state index in [1.807, 2.05) is 0 Å². The molecule has 0 unspecified atom stereocenters. The van der Waals surface area contributed by atoms with Gasteiger partial charge in [0.1, 0.15) is 28.6 Å². The fourth-order valence-electron chi connectivity index (χ4n) is 3.36. The smallest absolute Gasteiger partial charge is 0.413 e. The molecule has 1 saturated heterocycles. The number of carboxylic acid groups (broad SMARTS) is 1. The van der Waals surface area contributed by atoms with Gasteiger partial charge in [-0.3, -0.25) is 14.9 Å². The standard InChI is InChI=1S/C26H37N9O9S/c1-24(2,3)42-22(40)27-9-13-10-28-35(33-13)11-14-16(18(36)29-14)31-19(37)17(34-44-26(7,8)20(38)39)15-12-45-21(30-15)32-23(41)43-25(4,5)6/h10,12,14,16H,9,11H2,1-8H3,(H,27,40)(H,29,36)(H,31,37)(H,38,39)(H,30,32,41)/t14-,16-/m0/s1. The topological polar surface area (TPSA) is 237 Å². The van der Waals surface area contributed by atoms with Crippen LogP contribution in [0, 0.1) is 0 Å². The van der Waals surface area contributed by atoms with E-state index >= 15 is 0 Å². The molecule has 0 aromatic carbocycles. The first kappa shape index (κ1) is 34.7. The number of amides is 4. The first-order chi connectivity index (χ1) is 20.7. The van der Waals surface area contributed by atoms with Gasteiger partial charge in [0.15, 0.2) is 10.8 Å². The highest BCUT2D eigenvalue weighted by Gasteiger charge is 2.42. The van der Waals surface area contributed by atoms with Gasteiger partial charge in [0, 0.05) is 5.38 Å². The van der Waals surface area contributed by atoms with E-state index in [0.717, 1.165) is 11.3 Å². The van der Waals surface area contributed by atoms with Crippen LogP contribution in [0.1, 0.15) is 66.8 Å². The second-order valence-corrected chi connectivity index (χ2v) is 13.2. The molecule has 2 aromatic rings. The molecule has 3 rings (SSSR count). The van der Waals surface area contributed by atoms with E-state index in [1.165, 1.54) is 30.2 Å². The molecule has 0 bridgehead atoms. The number of rotatable bonds is 11.